The van der Waals surface area contributed by atoms with Crippen molar-refractivity contribution in [2.45, 2.75) is 36.1 Å². The molecule has 26 heavy (non-hydrogen) atoms. The average molecular weight is 426 g/mol. The van der Waals surface area contributed by atoms with Crippen LogP contribution in [0, 0.1) is 5.92 Å². The third-order valence-electron chi connectivity index (χ3n) is 5.26. The lowest BCUT2D eigenvalue weighted by molar-refractivity contribution is -0.137. The zero-order chi connectivity index (χ0) is 18.3. The monoisotopic (exact) mass is 425 g/mol. The van der Waals surface area contributed by atoms with E-state index in [1.807, 2.05) is 18.2 Å². The van der Waals surface area contributed by atoms with Crippen LogP contribution in [-0.2, 0) is 12.7 Å². The van der Waals surface area contributed by atoms with Crippen LogP contribution in [0.25, 0.3) is 0 Å². The normalized spacial score (nSPS) is 28.5. The second kappa shape index (κ2) is 6.89. The summed E-state index contributed by atoms with van der Waals surface area (Å²) in [7, 11) is 0. The van der Waals surface area contributed by atoms with Crippen LogP contribution in [0.5, 0.6) is 5.75 Å². The van der Waals surface area contributed by atoms with Gasteiger partial charge in [-0.15, -0.1) is 0 Å². The van der Waals surface area contributed by atoms with E-state index in [4.69, 9.17) is 4.74 Å². The summed E-state index contributed by atoms with van der Waals surface area (Å²) in [6.45, 7) is 1.81. The van der Waals surface area contributed by atoms with Crippen molar-refractivity contribution < 1.29 is 17.9 Å². The van der Waals surface area contributed by atoms with E-state index in [0.717, 1.165) is 31.6 Å². The zero-order valence-electron chi connectivity index (χ0n) is 14.0. The predicted molar refractivity (Wildman–Crippen MR) is 97.3 cm³/mol. The van der Waals surface area contributed by atoms with E-state index in [-0.39, 0.29) is 17.9 Å². The van der Waals surface area contributed by atoms with Gasteiger partial charge in [-0.05, 0) is 36.1 Å². The molecule has 0 amide bonds. The summed E-state index contributed by atoms with van der Waals surface area (Å²) in [4.78, 5) is 2.68. The number of piperidine rings is 1. The Balaban J connectivity index is 1.49. The lowest BCUT2D eigenvalue weighted by Gasteiger charge is -2.33. The molecule has 2 aromatic rings. The molecule has 1 aliphatic carbocycles. The molecule has 138 valence electrons. The summed E-state index contributed by atoms with van der Waals surface area (Å²) in [6, 6.07) is 15.6. The third kappa shape index (κ3) is 3.49. The number of hydrogen-bond donors (Lipinski definition) is 0. The summed E-state index contributed by atoms with van der Waals surface area (Å²) in [6.07, 6.45) is -3.60. The fourth-order valence-electron chi connectivity index (χ4n) is 4.11. The van der Waals surface area contributed by atoms with Gasteiger partial charge in [0.15, 0.2) is 0 Å². The largest absolute Gasteiger partial charge is 0.489 e. The summed E-state index contributed by atoms with van der Waals surface area (Å²) < 4.78 is 44.8. The maximum Gasteiger partial charge on any atom is 0.416 e. The highest BCUT2D eigenvalue weighted by Gasteiger charge is 2.52. The lowest BCUT2D eigenvalue weighted by atomic mass is 10.1. The Kier molecular flexibility index (Phi) is 4.73. The first-order valence-electron chi connectivity index (χ1n) is 8.68. The zero-order valence-corrected chi connectivity index (χ0v) is 15.6. The number of ether oxygens (including phenoxy) is 1. The molecule has 0 N–H and O–H groups in total. The van der Waals surface area contributed by atoms with Gasteiger partial charge in [0.2, 0.25) is 0 Å². The maximum atomic E-state index is 12.9. The van der Waals surface area contributed by atoms with Crippen molar-refractivity contribution in [1.29, 1.82) is 0 Å². The van der Waals surface area contributed by atoms with Crippen molar-refractivity contribution in [2.75, 3.05) is 6.54 Å². The molecule has 0 radical (unpaired) electrons. The van der Waals surface area contributed by atoms with Crippen LogP contribution in [-0.4, -0.2) is 28.4 Å². The molecule has 0 spiro atoms. The molecule has 1 heterocycles. The van der Waals surface area contributed by atoms with E-state index in [2.05, 4.69) is 33.0 Å². The van der Waals surface area contributed by atoms with Crippen molar-refractivity contribution >= 4 is 15.9 Å². The molecule has 2 aromatic carbocycles. The molecule has 2 bridgehead atoms. The minimum absolute atomic E-state index is 0.106. The van der Waals surface area contributed by atoms with Gasteiger partial charge in [0.05, 0.1) is 11.6 Å². The Morgan fingerprint density at radius 2 is 1.85 bits per heavy atom. The SMILES string of the molecule is FC(F)(F)c1cccc(O[C@H]2C[C@H]3CN(Cc4ccccc4)[C@H]2[C@H]3Br)c1. The summed E-state index contributed by atoms with van der Waals surface area (Å²) in [5.74, 6) is 0.747. The van der Waals surface area contributed by atoms with E-state index < -0.39 is 11.7 Å². The minimum atomic E-state index is -4.36. The number of alkyl halides is 4. The van der Waals surface area contributed by atoms with Crippen molar-refractivity contribution in [2.24, 2.45) is 5.92 Å². The van der Waals surface area contributed by atoms with Gasteiger partial charge in [0, 0.05) is 17.9 Å². The van der Waals surface area contributed by atoms with Crippen LogP contribution in [0.4, 0.5) is 13.2 Å². The van der Waals surface area contributed by atoms with Crippen LogP contribution in [0.2, 0.25) is 0 Å². The van der Waals surface area contributed by atoms with Gasteiger partial charge in [-0.1, -0.05) is 52.3 Å². The molecule has 1 saturated heterocycles. The summed E-state index contributed by atoms with van der Waals surface area (Å²) in [5.41, 5.74) is 0.562. The van der Waals surface area contributed by atoms with Crippen LogP contribution in [0.3, 0.4) is 0 Å². The Labute approximate surface area is 159 Å². The van der Waals surface area contributed by atoms with Gasteiger partial charge in [-0.3, -0.25) is 4.90 Å². The maximum absolute atomic E-state index is 12.9. The van der Waals surface area contributed by atoms with Gasteiger partial charge >= 0.3 is 6.18 Å². The summed E-state index contributed by atoms with van der Waals surface area (Å²) >= 11 is 3.78. The smallest absolute Gasteiger partial charge is 0.416 e. The van der Waals surface area contributed by atoms with Crippen LogP contribution in [0.15, 0.2) is 54.6 Å². The van der Waals surface area contributed by atoms with E-state index in [9.17, 15) is 13.2 Å². The molecule has 0 unspecified atom stereocenters. The number of fused-ring (bicyclic) bond motifs is 2. The Hall–Kier alpha value is -1.53. The highest BCUT2D eigenvalue weighted by molar-refractivity contribution is 9.09. The fourth-order valence-corrected chi connectivity index (χ4v) is 5.17. The van der Waals surface area contributed by atoms with Crippen molar-refractivity contribution in [3.8, 4) is 5.75 Å². The van der Waals surface area contributed by atoms with Crippen molar-refractivity contribution in [3.63, 3.8) is 0 Å². The molecule has 2 aliphatic rings. The Morgan fingerprint density at radius 1 is 1.08 bits per heavy atom. The molecule has 1 aliphatic heterocycles. The molecule has 4 rings (SSSR count). The van der Waals surface area contributed by atoms with E-state index >= 15 is 0 Å². The average Bonchev–Trinajstić information content (AvgIpc) is 3.06. The number of hydrogen-bond acceptors (Lipinski definition) is 2. The fraction of sp³-hybridized carbons (Fsp3) is 0.400. The van der Waals surface area contributed by atoms with Crippen LogP contribution in [0.1, 0.15) is 17.5 Å². The first-order valence-corrected chi connectivity index (χ1v) is 9.59. The topological polar surface area (TPSA) is 12.5 Å². The first-order chi connectivity index (χ1) is 12.4. The third-order valence-corrected chi connectivity index (χ3v) is 6.55. The van der Waals surface area contributed by atoms with Crippen molar-refractivity contribution in [3.05, 3.63) is 65.7 Å². The standard InChI is InChI=1S/C20H19BrF3NO/c21-18-14-9-17(26-16-8-4-7-15(10-16)20(22,23)24)19(18)25(12-14)11-13-5-2-1-3-6-13/h1-8,10,14,17-19H,9,11-12H2/t14-,17-,18-,19+/m0/s1. The molecule has 1 saturated carbocycles. The van der Waals surface area contributed by atoms with Crippen LogP contribution >= 0.6 is 15.9 Å². The van der Waals surface area contributed by atoms with E-state index in [1.165, 1.54) is 11.6 Å². The van der Waals surface area contributed by atoms with E-state index in [1.54, 1.807) is 6.07 Å². The predicted octanol–water partition coefficient (Wildman–Crippen LogP) is 5.12. The highest BCUT2D eigenvalue weighted by atomic mass is 79.9. The number of benzene rings is 2. The van der Waals surface area contributed by atoms with E-state index in [0.29, 0.717) is 10.7 Å². The molecule has 2 fully saturated rings. The molecule has 4 atom stereocenters. The quantitative estimate of drug-likeness (QED) is 0.630. The first kappa shape index (κ1) is 17.9. The number of rotatable bonds is 4. The minimum Gasteiger partial charge on any atom is -0.489 e. The van der Waals surface area contributed by atoms with Gasteiger partial charge in [-0.25, -0.2) is 0 Å². The van der Waals surface area contributed by atoms with Crippen molar-refractivity contribution in [1.82, 2.24) is 4.90 Å². The highest BCUT2D eigenvalue weighted by Crippen LogP contribution is 2.45. The van der Waals surface area contributed by atoms with Crippen LogP contribution < -0.4 is 4.74 Å². The second-order valence-corrected chi connectivity index (χ2v) is 8.09. The van der Waals surface area contributed by atoms with Gasteiger partial charge < -0.3 is 4.74 Å². The Morgan fingerprint density at radius 3 is 2.54 bits per heavy atom. The number of halogens is 4. The van der Waals surface area contributed by atoms with Gasteiger partial charge in [0.25, 0.3) is 0 Å². The Bertz CT molecular complexity index is 767. The molecule has 6 heteroatoms. The number of likely N-dealkylation sites (tertiary alicyclic amines) is 1. The molecule has 2 nitrogen and oxygen atoms in total. The van der Waals surface area contributed by atoms with Gasteiger partial charge in [-0.2, -0.15) is 13.2 Å². The number of nitrogens with zero attached hydrogens (tertiary/aromatic N) is 1. The van der Waals surface area contributed by atoms with Gasteiger partial charge in [0.1, 0.15) is 11.9 Å². The molecule has 0 aromatic heterocycles. The summed E-state index contributed by atoms with van der Waals surface area (Å²) in [5, 5.41) is 0. The molecular weight excluding hydrogens is 407 g/mol. The molecular formula is C20H19BrF3NO. The second-order valence-electron chi connectivity index (χ2n) is 7.03. The lowest BCUT2D eigenvalue weighted by Crippen LogP contribution is -2.44.